The van der Waals surface area contributed by atoms with Crippen molar-refractivity contribution in [1.29, 1.82) is 0 Å². The Morgan fingerprint density at radius 2 is 2.25 bits per heavy atom. The second-order valence-corrected chi connectivity index (χ2v) is 6.35. The van der Waals surface area contributed by atoms with E-state index in [1.54, 1.807) is 23.1 Å². The Labute approximate surface area is 102 Å². The molecule has 2 heterocycles. The van der Waals surface area contributed by atoms with Crippen molar-refractivity contribution in [3.8, 4) is 0 Å². The lowest BCUT2D eigenvalue weighted by atomic mass is 10.3. The number of fused-ring (bicyclic) bond motifs is 1. The third kappa shape index (κ3) is 1.96. The van der Waals surface area contributed by atoms with Crippen LogP contribution < -0.4 is 5.32 Å². The van der Waals surface area contributed by atoms with Crippen molar-refractivity contribution in [1.82, 2.24) is 10.3 Å². The van der Waals surface area contributed by atoms with Crippen molar-refractivity contribution in [2.24, 2.45) is 0 Å². The monoisotopic (exact) mass is 252 g/mol. The van der Waals surface area contributed by atoms with Gasteiger partial charge in [0.05, 0.1) is 21.6 Å². The summed E-state index contributed by atoms with van der Waals surface area (Å²) in [5.74, 6) is 0. The number of aliphatic hydroxyl groups is 1. The molecule has 0 bridgehead atoms. The number of rotatable bonds is 2. The maximum atomic E-state index is 9.72. The molecule has 3 nitrogen and oxygen atoms in total. The van der Waals surface area contributed by atoms with Crippen molar-refractivity contribution in [2.75, 3.05) is 13.1 Å². The highest BCUT2D eigenvalue weighted by atomic mass is 32.2. The molecule has 5 heteroatoms. The number of benzene rings is 1. The van der Waals surface area contributed by atoms with Gasteiger partial charge >= 0.3 is 0 Å². The molecule has 1 aliphatic heterocycles. The predicted octanol–water partition coefficient (Wildman–Crippen LogP) is 1.72. The van der Waals surface area contributed by atoms with E-state index in [4.69, 9.17) is 0 Å². The third-order valence-electron chi connectivity index (χ3n) is 2.65. The Hall–Kier alpha value is -0.620. The normalized spacial score (nSPS) is 25.3. The molecule has 2 atom stereocenters. The summed E-state index contributed by atoms with van der Waals surface area (Å²) in [5.41, 5.74) is 1.05. The summed E-state index contributed by atoms with van der Waals surface area (Å²) in [5, 5.41) is 13.1. The minimum atomic E-state index is -0.253. The first-order valence-electron chi connectivity index (χ1n) is 5.24. The first-order chi connectivity index (χ1) is 7.83. The van der Waals surface area contributed by atoms with Crippen LogP contribution in [0.5, 0.6) is 0 Å². The number of nitrogens with zero attached hydrogens (tertiary/aromatic N) is 1. The quantitative estimate of drug-likeness (QED) is 0.854. The largest absolute Gasteiger partial charge is 0.391 e. The van der Waals surface area contributed by atoms with E-state index in [0.717, 1.165) is 16.4 Å². The van der Waals surface area contributed by atoms with E-state index >= 15 is 0 Å². The minimum Gasteiger partial charge on any atom is -0.391 e. The van der Waals surface area contributed by atoms with Crippen molar-refractivity contribution in [2.45, 2.75) is 15.7 Å². The maximum Gasteiger partial charge on any atom is 0.151 e. The highest BCUT2D eigenvalue weighted by Gasteiger charge is 2.26. The van der Waals surface area contributed by atoms with E-state index in [1.807, 2.05) is 18.2 Å². The highest BCUT2D eigenvalue weighted by Crippen LogP contribution is 2.33. The zero-order chi connectivity index (χ0) is 11.0. The molecule has 16 heavy (non-hydrogen) atoms. The van der Waals surface area contributed by atoms with Crippen LogP contribution in [0.1, 0.15) is 0 Å². The van der Waals surface area contributed by atoms with Gasteiger partial charge in [-0.2, -0.15) is 0 Å². The van der Waals surface area contributed by atoms with Gasteiger partial charge in [-0.05, 0) is 12.1 Å². The number of hydrogen-bond donors (Lipinski definition) is 2. The van der Waals surface area contributed by atoms with E-state index in [9.17, 15) is 5.11 Å². The zero-order valence-corrected chi connectivity index (χ0v) is 10.2. The minimum absolute atomic E-state index is 0.237. The molecule has 1 aromatic heterocycles. The van der Waals surface area contributed by atoms with Gasteiger partial charge in [0.15, 0.2) is 4.34 Å². The summed E-state index contributed by atoms with van der Waals surface area (Å²) in [7, 11) is 0. The van der Waals surface area contributed by atoms with Crippen molar-refractivity contribution in [3.63, 3.8) is 0 Å². The number of thioether (sulfide) groups is 1. The Bertz CT molecular complexity index is 466. The van der Waals surface area contributed by atoms with Crippen LogP contribution in [0.2, 0.25) is 0 Å². The van der Waals surface area contributed by atoms with E-state index in [0.29, 0.717) is 6.54 Å². The van der Waals surface area contributed by atoms with Gasteiger partial charge in [-0.3, -0.25) is 0 Å². The number of aromatic nitrogens is 1. The average Bonchev–Trinajstić information content (AvgIpc) is 2.85. The van der Waals surface area contributed by atoms with Crippen LogP contribution in [-0.4, -0.2) is 34.5 Å². The topological polar surface area (TPSA) is 45.1 Å². The number of nitrogens with one attached hydrogen (secondary N) is 1. The summed E-state index contributed by atoms with van der Waals surface area (Å²) in [4.78, 5) is 4.55. The smallest absolute Gasteiger partial charge is 0.151 e. The second-order valence-electron chi connectivity index (χ2n) is 3.83. The molecule has 3 rings (SSSR count). The predicted molar refractivity (Wildman–Crippen MR) is 68.1 cm³/mol. The standard InChI is InChI=1S/C11H12N2OS2/c14-8-5-12-6-10(8)16-11-13-7-3-1-2-4-9(7)15-11/h1-4,8,10,12,14H,5-6H2. The van der Waals surface area contributed by atoms with Crippen LogP contribution in [0, 0.1) is 0 Å². The number of hydrogen-bond acceptors (Lipinski definition) is 5. The molecule has 1 fully saturated rings. The van der Waals surface area contributed by atoms with Crippen molar-refractivity contribution >= 4 is 33.3 Å². The molecule has 1 saturated heterocycles. The Morgan fingerprint density at radius 1 is 1.38 bits per heavy atom. The summed E-state index contributed by atoms with van der Waals surface area (Å²) in [6, 6.07) is 8.14. The molecule has 0 amide bonds. The molecule has 0 aliphatic carbocycles. The van der Waals surface area contributed by atoms with Gasteiger partial charge in [0.25, 0.3) is 0 Å². The summed E-state index contributed by atoms with van der Waals surface area (Å²) in [6.45, 7) is 1.56. The zero-order valence-electron chi connectivity index (χ0n) is 8.59. The average molecular weight is 252 g/mol. The molecule has 2 N–H and O–H groups in total. The number of aliphatic hydroxyl groups excluding tert-OH is 1. The van der Waals surface area contributed by atoms with Crippen molar-refractivity contribution < 1.29 is 5.11 Å². The van der Waals surface area contributed by atoms with Crippen LogP contribution in [0.4, 0.5) is 0 Å². The van der Waals surface area contributed by atoms with E-state index in [-0.39, 0.29) is 11.4 Å². The number of thiazole rings is 1. The highest BCUT2D eigenvalue weighted by molar-refractivity contribution is 8.01. The molecule has 0 radical (unpaired) electrons. The van der Waals surface area contributed by atoms with Crippen LogP contribution >= 0.6 is 23.1 Å². The molecular weight excluding hydrogens is 240 g/mol. The van der Waals surface area contributed by atoms with Gasteiger partial charge in [0.1, 0.15) is 0 Å². The first kappa shape index (κ1) is 10.5. The molecule has 2 unspecified atom stereocenters. The summed E-state index contributed by atoms with van der Waals surface area (Å²) < 4.78 is 2.26. The van der Waals surface area contributed by atoms with Crippen LogP contribution in [-0.2, 0) is 0 Å². The van der Waals surface area contributed by atoms with E-state index in [2.05, 4.69) is 16.4 Å². The Kier molecular flexibility index (Phi) is 2.85. The number of β-amino-alcohol motifs (C(OH)–C–C–N with tert-alkyl or cyclic N) is 1. The molecule has 84 valence electrons. The van der Waals surface area contributed by atoms with Gasteiger partial charge in [-0.25, -0.2) is 4.98 Å². The maximum absolute atomic E-state index is 9.72. The lowest BCUT2D eigenvalue weighted by Crippen LogP contribution is -2.19. The summed E-state index contributed by atoms with van der Waals surface area (Å²) in [6.07, 6.45) is -0.253. The lowest BCUT2D eigenvalue weighted by molar-refractivity contribution is 0.201. The number of para-hydroxylation sites is 1. The molecule has 2 aromatic rings. The van der Waals surface area contributed by atoms with Gasteiger partial charge in [0.2, 0.25) is 0 Å². The van der Waals surface area contributed by atoms with E-state index in [1.165, 1.54) is 4.70 Å². The van der Waals surface area contributed by atoms with Crippen molar-refractivity contribution in [3.05, 3.63) is 24.3 Å². The Balaban J connectivity index is 1.83. The molecular formula is C11H12N2OS2. The Morgan fingerprint density at radius 3 is 3.00 bits per heavy atom. The second kappa shape index (κ2) is 4.33. The summed E-state index contributed by atoms with van der Waals surface area (Å²) >= 11 is 3.38. The first-order valence-corrected chi connectivity index (χ1v) is 6.93. The lowest BCUT2D eigenvalue weighted by Gasteiger charge is -2.09. The van der Waals surface area contributed by atoms with Gasteiger partial charge in [-0.15, -0.1) is 11.3 Å². The fraction of sp³-hybridized carbons (Fsp3) is 0.364. The van der Waals surface area contributed by atoms with Crippen LogP contribution in [0.15, 0.2) is 28.6 Å². The van der Waals surface area contributed by atoms with Crippen LogP contribution in [0.3, 0.4) is 0 Å². The van der Waals surface area contributed by atoms with Gasteiger partial charge in [-0.1, -0.05) is 23.9 Å². The van der Waals surface area contributed by atoms with E-state index < -0.39 is 0 Å². The van der Waals surface area contributed by atoms with Gasteiger partial charge in [0, 0.05) is 13.1 Å². The molecule has 0 spiro atoms. The van der Waals surface area contributed by atoms with Crippen LogP contribution in [0.25, 0.3) is 10.2 Å². The fourth-order valence-electron chi connectivity index (χ4n) is 1.79. The fourth-order valence-corrected chi connectivity index (χ4v) is 4.19. The van der Waals surface area contributed by atoms with Gasteiger partial charge < -0.3 is 10.4 Å². The third-order valence-corrected chi connectivity index (χ3v) is 5.10. The molecule has 1 aromatic carbocycles. The molecule has 1 aliphatic rings. The SMILES string of the molecule is OC1CNCC1Sc1nc2ccccc2s1. The molecule has 0 saturated carbocycles.